The lowest BCUT2D eigenvalue weighted by atomic mass is 10.1. The van der Waals surface area contributed by atoms with Gasteiger partial charge in [-0.05, 0) is 39.3 Å². The highest BCUT2D eigenvalue weighted by atomic mass is 15.3. The molecule has 72 valence electrons. The van der Waals surface area contributed by atoms with Crippen LogP contribution < -0.4 is 5.32 Å². The molecule has 0 amide bonds. The van der Waals surface area contributed by atoms with Crippen LogP contribution in [0.25, 0.3) is 0 Å². The third-order valence-corrected chi connectivity index (χ3v) is 2.66. The predicted octanol–water partition coefficient (Wildman–Crippen LogP) is 1.42. The number of aromatic nitrogens is 2. The fraction of sp³-hybridized carbons (Fsp3) is 0.700. The van der Waals surface area contributed by atoms with E-state index in [9.17, 15) is 0 Å². The zero-order valence-electron chi connectivity index (χ0n) is 8.38. The monoisotopic (exact) mass is 179 g/mol. The number of aryl methyl sites for hydroxylation is 2. The number of nitrogens with zero attached hydrogens (tertiary/aromatic N) is 2. The zero-order valence-corrected chi connectivity index (χ0v) is 8.38. The van der Waals surface area contributed by atoms with Gasteiger partial charge in [-0.2, -0.15) is 5.10 Å². The van der Waals surface area contributed by atoms with Crippen LogP contribution in [0.5, 0.6) is 0 Å². The largest absolute Gasteiger partial charge is 0.315 e. The molecule has 0 aliphatic carbocycles. The van der Waals surface area contributed by atoms with Gasteiger partial charge in [-0.15, -0.1) is 0 Å². The predicted molar refractivity (Wildman–Crippen MR) is 52.8 cm³/mol. The molecule has 3 heteroatoms. The van der Waals surface area contributed by atoms with Crippen molar-refractivity contribution in [2.24, 2.45) is 0 Å². The Kier molecular flexibility index (Phi) is 2.36. The first kappa shape index (κ1) is 8.75. The molecular weight excluding hydrogens is 162 g/mol. The number of hydrogen-bond donors (Lipinski definition) is 1. The third-order valence-electron chi connectivity index (χ3n) is 2.66. The molecule has 1 atom stereocenters. The van der Waals surface area contributed by atoms with Crippen LogP contribution in [0, 0.1) is 13.8 Å². The number of piperidine rings is 1. The molecule has 0 saturated carbocycles. The summed E-state index contributed by atoms with van der Waals surface area (Å²) < 4.78 is 2.17. The first-order chi connectivity index (χ1) is 6.27. The summed E-state index contributed by atoms with van der Waals surface area (Å²) in [6.45, 7) is 6.42. The highest BCUT2D eigenvalue weighted by Gasteiger charge is 2.16. The summed E-state index contributed by atoms with van der Waals surface area (Å²) in [6.07, 6.45) is 2.53. The Hall–Kier alpha value is -0.830. The van der Waals surface area contributed by atoms with E-state index in [1.807, 2.05) is 0 Å². The van der Waals surface area contributed by atoms with Gasteiger partial charge in [-0.3, -0.25) is 4.68 Å². The Morgan fingerprint density at radius 3 is 2.92 bits per heavy atom. The van der Waals surface area contributed by atoms with Gasteiger partial charge in [0.25, 0.3) is 0 Å². The maximum Gasteiger partial charge on any atom is 0.0647 e. The molecule has 0 aromatic carbocycles. The lowest BCUT2D eigenvalue weighted by molar-refractivity contribution is 0.341. The number of rotatable bonds is 1. The van der Waals surface area contributed by atoms with Crippen molar-refractivity contribution in [3.05, 3.63) is 17.5 Å². The van der Waals surface area contributed by atoms with E-state index < -0.39 is 0 Å². The quantitative estimate of drug-likeness (QED) is 0.706. The van der Waals surface area contributed by atoms with Crippen molar-refractivity contribution in [1.29, 1.82) is 0 Å². The summed E-state index contributed by atoms with van der Waals surface area (Å²) in [5.74, 6) is 0. The van der Waals surface area contributed by atoms with E-state index in [0.717, 1.165) is 18.8 Å². The molecule has 0 bridgehead atoms. The van der Waals surface area contributed by atoms with E-state index in [0.29, 0.717) is 6.04 Å². The molecule has 0 unspecified atom stereocenters. The Morgan fingerprint density at radius 2 is 2.38 bits per heavy atom. The summed E-state index contributed by atoms with van der Waals surface area (Å²) in [5, 5.41) is 7.92. The molecule has 1 aliphatic rings. The lowest BCUT2D eigenvalue weighted by Gasteiger charge is -2.24. The van der Waals surface area contributed by atoms with Gasteiger partial charge in [0.05, 0.1) is 11.7 Å². The van der Waals surface area contributed by atoms with E-state index in [2.05, 4.69) is 35.0 Å². The number of nitrogens with one attached hydrogen (secondary N) is 1. The summed E-state index contributed by atoms with van der Waals surface area (Å²) >= 11 is 0. The zero-order chi connectivity index (χ0) is 9.26. The van der Waals surface area contributed by atoms with Crippen LogP contribution >= 0.6 is 0 Å². The first-order valence-electron chi connectivity index (χ1n) is 5.01. The normalized spacial score (nSPS) is 23.4. The van der Waals surface area contributed by atoms with Crippen molar-refractivity contribution in [1.82, 2.24) is 15.1 Å². The molecule has 13 heavy (non-hydrogen) atoms. The van der Waals surface area contributed by atoms with Crippen molar-refractivity contribution in [3.63, 3.8) is 0 Å². The molecule has 1 N–H and O–H groups in total. The van der Waals surface area contributed by atoms with Crippen molar-refractivity contribution in [2.75, 3.05) is 13.1 Å². The van der Waals surface area contributed by atoms with Crippen LogP contribution in [-0.4, -0.2) is 22.9 Å². The van der Waals surface area contributed by atoms with Crippen molar-refractivity contribution in [3.8, 4) is 0 Å². The Balaban J connectivity index is 2.18. The average Bonchev–Trinajstić information content (AvgIpc) is 2.47. The second kappa shape index (κ2) is 3.50. The molecule has 1 saturated heterocycles. The minimum atomic E-state index is 0.572. The molecule has 0 radical (unpaired) electrons. The lowest BCUT2D eigenvalue weighted by Crippen LogP contribution is -2.32. The van der Waals surface area contributed by atoms with Crippen molar-refractivity contribution >= 4 is 0 Å². The van der Waals surface area contributed by atoms with Crippen LogP contribution in [0.4, 0.5) is 0 Å². The van der Waals surface area contributed by atoms with Gasteiger partial charge in [0.15, 0.2) is 0 Å². The van der Waals surface area contributed by atoms with Gasteiger partial charge in [0.1, 0.15) is 0 Å². The van der Waals surface area contributed by atoms with Crippen LogP contribution in [-0.2, 0) is 0 Å². The molecule has 1 aliphatic heterocycles. The molecule has 1 aromatic heterocycles. The fourth-order valence-corrected chi connectivity index (χ4v) is 2.06. The van der Waals surface area contributed by atoms with Gasteiger partial charge < -0.3 is 5.32 Å². The van der Waals surface area contributed by atoms with Gasteiger partial charge in [0, 0.05) is 12.2 Å². The molecule has 2 rings (SSSR count). The number of hydrogen-bond acceptors (Lipinski definition) is 2. The van der Waals surface area contributed by atoms with Gasteiger partial charge in [0.2, 0.25) is 0 Å². The standard InChI is InChI=1S/C10H17N3/c1-8-6-9(2)13(12-8)10-4-3-5-11-7-10/h6,10-11H,3-5,7H2,1-2H3/t10-/m0/s1. The smallest absolute Gasteiger partial charge is 0.0647 e. The molecular formula is C10H17N3. The Bertz CT molecular complexity index is 284. The molecule has 1 fully saturated rings. The van der Waals surface area contributed by atoms with Crippen LogP contribution in [0.1, 0.15) is 30.3 Å². The SMILES string of the molecule is Cc1cc(C)n([C@H]2CCCNC2)n1. The first-order valence-corrected chi connectivity index (χ1v) is 5.01. The summed E-state index contributed by atoms with van der Waals surface area (Å²) in [5.41, 5.74) is 2.41. The van der Waals surface area contributed by atoms with E-state index in [4.69, 9.17) is 0 Å². The van der Waals surface area contributed by atoms with Gasteiger partial charge in [-0.1, -0.05) is 0 Å². The van der Waals surface area contributed by atoms with Crippen LogP contribution in [0.2, 0.25) is 0 Å². The summed E-state index contributed by atoms with van der Waals surface area (Å²) in [7, 11) is 0. The average molecular weight is 179 g/mol. The van der Waals surface area contributed by atoms with Crippen LogP contribution in [0.15, 0.2) is 6.07 Å². The molecule has 3 nitrogen and oxygen atoms in total. The van der Waals surface area contributed by atoms with Gasteiger partial charge >= 0.3 is 0 Å². The second-order valence-electron chi connectivity index (χ2n) is 3.87. The topological polar surface area (TPSA) is 29.9 Å². The molecule has 2 heterocycles. The second-order valence-corrected chi connectivity index (χ2v) is 3.87. The highest BCUT2D eigenvalue weighted by molar-refractivity contribution is 5.08. The highest BCUT2D eigenvalue weighted by Crippen LogP contribution is 2.18. The Morgan fingerprint density at radius 1 is 1.54 bits per heavy atom. The van der Waals surface area contributed by atoms with E-state index >= 15 is 0 Å². The van der Waals surface area contributed by atoms with Crippen molar-refractivity contribution < 1.29 is 0 Å². The van der Waals surface area contributed by atoms with E-state index in [1.165, 1.54) is 18.5 Å². The van der Waals surface area contributed by atoms with Crippen LogP contribution in [0.3, 0.4) is 0 Å². The summed E-state index contributed by atoms with van der Waals surface area (Å²) in [4.78, 5) is 0. The minimum absolute atomic E-state index is 0.572. The third kappa shape index (κ3) is 1.75. The molecule has 1 aromatic rings. The molecule has 0 spiro atoms. The Labute approximate surface area is 79.1 Å². The van der Waals surface area contributed by atoms with E-state index in [1.54, 1.807) is 0 Å². The van der Waals surface area contributed by atoms with Crippen molar-refractivity contribution in [2.45, 2.75) is 32.7 Å². The van der Waals surface area contributed by atoms with E-state index in [-0.39, 0.29) is 0 Å². The minimum Gasteiger partial charge on any atom is -0.315 e. The fourth-order valence-electron chi connectivity index (χ4n) is 2.06. The summed E-state index contributed by atoms with van der Waals surface area (Å²) in [6, 6.07) is 2.72. The maximum atomic E-state index is 4.51. The maximum absolute atomic E-state index is 4.51. The van der Waals surface area contributed by atoms with Gasteiger partial charge in [-0.25, -0.2) is 0 Å².